The van der Waals surface area contributed by atoms with Gasteiger partial charge in [-0.3, -0.25) is 9.78 Å². The Bertz CT molecular complexity index is 934. The molecule has 2 aromatic carbocycles. The predicted octanol–water partition coefficient (Wildman–Crippen LogP) is 5.49. The number of halogens is 1. The fraction of sp³-hybridized carbons (Fsp3) is 0.200. The highest BCUT2D eigenvalue weighted by Crippen LogP contribution is 2.40. The molecule has 4 heteroatoms. The number of hydrogen-bond donors (Lipinski definition) is 0. The van der Waals surface area contributed by atoms with E-state index in [2.05, 4.69) is 24.9 Å². The molecular formula is C20H18ClNO2. The van der Waals surface area contributed by atoms with Crippen molar-refractivity contribution in [3.8, 4) is 16.9 Å². The second kappa shape index (κ2) is 6.62. The van der Waals surface area contributed by atoms with Gasteiger partial charge in [0.25, 0.3) is 0 Å². The van der Waals surface area contributed by atoms with Gasteiger partial charge in [0.2, 0.25) is 0 Å². The van der Waals surface area contributed by atoms with E-state index in [9.17, 15) is 4.79 Å². The first-order valence-corrected chi connectivity index (χ1v) is 8.24. The molecule has 0 atom stereocenters. The number of pyridine rings is 1. The van der Waals surface area contributed by atoms with Crippen LogP contribution < -0.4 is 4.74 Å². The van der Waals surface area contributed by atoms with Crippen molar-refractivity contribution in [2.75, 3.05) is 0 Å². The van der Waals surface area contributed by atoms with E-state index in [0.29, 0.717) is 17.2 Å². The van der Waals surface area contributed by atoms with Crippen LogP contribution in [-0.2, 0) is 4.79 Å². The zero-order valence-electron chi connectivity index (χ0n) is 13.9. The van der Waals surface area contributed by atoms with Crippen LogP contribution in [0.5, 0.6) is 5.75 Å². The SMILES string of the molecule is CCC(=O)Oc1cnc2cc(C)c(C)cc2c1-c1ccccc1Cl. The van der Waals surface area contributed by atoms with Crippen LogP contribution in [0.1, 0.15) is 24.5 Å². The first-order chi connectivity index (χ1) is 11.5. The van der Waals surface area contributed by atoms with Gasteiger partial charge in [-0.15, -0.1) is 0 Å². The summed E-state index contributed by atoms with van der Waals surface area (Å²) in [6.07, 6.45) is 1.90. The lowest BCUT2D eigenvalue weighted by Gasteiger charge is -2.15. The molecule has 3 aromatic rings. The fourth-order valence-corrected chi connectivity index (χ4v) is 2.88. The molecule has 3 rings (SSSR count). The highest BCUT2D eigenvalue weighted by Gasteiger charge is 2.17. The van der Waals surface area contributed by atoms with Gasteiger partial charge in [-0.2, -0.15) is 0 Å². The third-order valence-electron chi connectivity index (χ3n) is 4.10. The molecule has 0 aliphatic carbocycles. The summed E-state index contributed by atoms with van der Waals surface area (Å²) in [6, 6.07) is 11.7. The van der Waals surface area contributed by atoms with E-state index < -0.39 is 0 Å². The molecule has 1 aromatic heterocycles. The van der Waals surface area contributed by atoms with Crippen molar-refractivity contribution in [2.45, 2.75) is 27.2 Å². The zero-order valence-corrected chi connectivity index (χ0v) is 14.6. The minimum Gasteiger partial charge on any atom is -0.424 e. The molecule has 24 heavy (non-hydrogen) atoms. The Morgan fingerprint density at radius 1 is 1.17 bits per heavy atom. The van der Waals surface area contributed by atoms with Crippen LogP contribution in [0.3, 0.4) is 0 Å². The number of ether oxygens (including phenoxy) is 1. The summed E-state index contributed by atoms with van der Waals surface area (Å²) in [5.41, 5.74) is 4.79. The van der Waals surface area contributed by atoms with Crippen molar-refractivity contribution in [1.29, 1.82) is 0 Å². The van der Waals surface area contributed by atoms with Gasteiger partial charge in [0.05, 0.1) is 11.7 Å². The van der Waals surface area contributed by atoms with Gasteiger partial charge in [0.15, 0.2) is 5.75 Å². The van der Waals surface area contributed by atoms with Crippen LogP contribution in [0, 0.1) is 13.8 Å². The van der Waals surface area contributed by atoms with E-state index in [-0.39, 0.29) is 5.97 Å². The predicted molar refractivity (Wildman–Crippen MR) is 97.6 cm³/mol. The van der Waals surface area contributed by atoms with Gasteiger partial charge in [0.1, 0.15) is 0 Å². The van der Waals surface area contributed by atoms with Crippen LogP contribution in [-0.4, -0.2) is 11.0 Å². The molecule has 0 N–H and O–H groups in total. The van der Waals surface area contributed by atoms with Crippen LogP contribution in [0.25, 0.3) is 22.0 Å². The third kappa shape index (κ3) is 3.00. The van der Waals surface area contributed by atoms with Gasteiger partial charge < -0.3 is 4.74 Å². The lowest BCUT2D eigenvalue weighted by atomic mass is 9.97. The Morgan fingerprint density at radius 3 is 2.58 bits per heavy atom. The van der Waals surface area contributed by atoms with Crippen molar-refractivity contribution in [1.82, 2.24) is 4.98 Å². The molecule has 0 saturated heterocycles. The standard InChI is InChI=1S/C20H18ClNO2/c1-4-19(23)24-18-11-22-17-10-13(3)12(2)9-15(17)20(18)14-7-5-6-8-16(14)21/h5-11H,4H2,1-3H3. The molecule has 0 aliphatic rings. The Hall–Kier alpha value is -2.39. The number of nitrogens with zero attached hydrogens (tertiary/aromatic N) is 1. The molecule has 1 heterocycles. The van der Waals surface area contributed by atoms with E-state index in [1.807, 2.05) is 30.3 Å². The molecule has 122 valence electrons. The lowest BCUT2D eigenvalue weighted by Crippen LogP contribution is -2.07. The Balaban J connectivity index is 2.35. The summed E-state index contributed by atoms with van der Waals surface area (Å²) in [4.78, 5) is 16.3. The minimum absolute atomic E-state index is 0.298. The molecule has 0 spiro atoms. The van der Waals surface area contributed by atoms with Crippen molar-refractivity contribution >= 4 is 28.5 Å². The van der Waals surface area contributed by atoms with Crippen molar-refractivity contribution < 1.29 is 9.53 Å². The number of carbonyl (C=O) groups is 1. The summed E-state index contributed by atoms with van der Waals surface area (Å²) in [5, 5.41) is 1.53. The number of benzene rings is 2. The number of aryl methyl sites for hydroxylation is 2. The maximum Gasteiger partial charge on any atom is 0.310 e. The molecular weight excluding hydrogens is 322 g/mol. The second-order valence-corrected chi connectivity index (χ2v) is 6.17. The third-order valence-corrected chi connectivity index (χ3v) is 4.43. The first-order valence-electron chi connectivity index (χ1n) is 7.86. The van der Waals surface area contributed by atoms with Gasteiger partial charge >= 0.3 is 5.97 Å². The highest BCUT2D eigenvalue weighted by molar-refractivity contribution is 6.33. The molecule has 0 amide bonds. The average molecular weight is 340 g/mol. The van der Waals surface area contributed by atoms with Crippen molar-refractivity contribution in [3.63, 3.8) is 0 Å². The average Bonchev–Trinajstić information content (AvgIpc) is 2.57. The van der Waals surface area contributed by atoms with Crippen LogP contribution >= 0.6 is 11.6 Å². The van der Waals surface area contributed by atoms with E-state index >= 15 is 0 Å². The maximum absolute atomic E-state index is 11.8. The van der Waals surface area contributed by atoms with Gasteiger partial charge in [-0.1, -0.05) is 36.7 Å². The van der Waals surface area contributed by atoms with Crippen molar-refractivity contribution in [2.24, 2.45) is 0 Å². The normalized spacial score (nSPS) is 10.8. The van der Waals surface area contributed by atoms with E-state index in [1.54, 1.807) is 13.1 Å². The molecule has 0 radical (unpaired) electrons. The van der Waals surface area contributed by atoms with Gasteiger partial charge in [-0.25, -0.2) is 0 Å². The number of rotatable bonds is 3. The Labute approximate surface area is 146 Å². The maximum atomic E-state index is 11.8. The van der Waals surface area contributed by atoms with E-state index in [1.165, 1.54) is 5.56 Å². The second-order valence-electron chi connectivity index (χ2n) is 5.76. The molecule has 0 saturated carbocycles. The van der Waals surface area contributed by atoms with Crippen LogP contribution in [0.15, 0.2) is 42.6 Å². The van der Waals surface area contributed by atoms with Crippen LogP contribution in [0.2, 0.25) is 5.02 Å². The summed E-state index contributed by atoms with van der Waals surface area (Å²) in [7, 11) is 0. The van der Waals surface area contributed by atoms with Gasteiger partial charge in [0, 0.05) is 28.0 Å². The topological polar surface area (TPSA) is 39.2 Å². The zero-order chi connectivity index (χ0) is 17.3. The summed E-state index contributed by atoms with van der Waals surface area (Å²) in [5.74, 6) is 0.138. The molecule has 3 nitrogen and oxygen atoms in total. The minimum atomic E-state index is -0.298. The molecule has 0 unspecified atom stereocenters. The number of carbonyl (C=O) groups excluding carboxylic acids is 1. The number of hydrogen-bond acceptors (Lipinski definition) is 3. The number of aromatic nitrogens is 1. The monoisotopic (exact) mass is 339 g/mol. The van der Waals surface area contributed by atoms with Crippen LogP contribution in [0.4, 0.5) is 0 Å². The lowest BCUT2D eigenvalue weighted by molar-refractivity contribution is -0.133. The summed E-state index contributed by atoms with van der Waals surface area (Å²) >= 11 is 6.41. The quantitative estimate of drug-likeness (QED) is 0.592. The fourth-order valence-electron chi connectivity index (χ4n) is 2.65. The molecule has 0 aliphatic heterocycles. The van der Waals surface area contributed by atoms with Gasteiger partial charge in [-0.05, 0) is 43.2 Å². The largest absolute Gasteiger partial charge is 0.424 e. The number of fused-ring (bicyclic) bond motifs is 1. The molecule has 0 bridgehead atoms. The summed E-state index contributed by atoms with van der Waals surface area (Å²) in [6.45, 7) is 5.87. The van der Waals surface area contributed by atoms with E-state index in [0.717, 1.165) is 27.6 Å². The molecule has 0 fully saturated rings. The highest BCUT2D eigenvalue weighted by atomic mass is 35.5. The Morgan fingerprint density at radius 2 is 1.88 bits per heavy atom. The Kier molecular flexibility index (Phi) is 4.54. The summed E-state index contributed by atoms with van der Waals surface area (Å²) < 4.78 is 5.52. The van der Waals surface area contributed by atoms with Crippen molar-refractivity contribution in [3.05, 3.63) is 58.7 Å². The first kappa shape index (κ1) is 16.5. The number of esters is 1. The van der Waals surface area contributed by atoms with E-state index in [4.69, 9.17) is 16.3 Å². The smallest absolute Gasteiger partial charge is 0.310 e.